The standard InChI is InChI=1S/C21H18F5N5O2/c1-13-2-4-16(31-28-7-8-29-31)15(10-13)19(32)30-9-6-20(22,23)17(30)12-33-18-5-3-14(11-27-18)21(24,25)26/h2-5,7-8,10-11,17H,6,9,12H2,1H3. The van der Waals surface area contributed by atoms with Crippen LogP contribution in [0.3, 0.4) is 0 Å². The lowest BCUT2D eigenvalue weighted by atomic mass is 10.1. The summed E-state index contributed by atoms with van der Waals surface area (Å²) < 4.78 is 72.6. The molecule has 1 aliphatic heterocycles. The Morgan fingerprint density at radius 1 is 1.18 bits per heavy atom. The number of amides is 1. The minimum absolute atomic E-state index is 0.140. The van der Waals surface area contributed by atoms with E-state index < -0.39 is 42.6 Å². The molecule has 174 valence electrons. The van der Waals surface area contributed by atoms with Crippen molar-refractivity contribution >= 4 is 5.91 Å². The highest BCUT2D eigenvalue weighted by Crippen LogP contribution is 2.36. The quantitative estimate of drug-likeness (QED) is 0.532. The van der Waals surface area contributed by atoms with E-state index in [1.807, 2.05) is 0 Å². The highest BCUT2D eigenvalue weighted by molar-refractivity contribution is 5.98. The summed E-state index contributed by atoms with van der Waals surface area (Å²) in [5.41, 5.74) is 0.218. The van der Waals surface area contributed by atoms with Gasteiger partial charge >= 0.3 is 6.18 Å². The number of alkyl halides is 5. The zero-order valence-corrected chi connectivity index (χ0v) is 17.3. The molecule has 1 aromatic carbocycles. The second kappa shape index (κ2) is 8.41. The summed E-state index contributed by atoms with van der Waals surface area (Å²) in [5.74, 6) is -4.16. The normalized spacial score (nSPS) is 17.9. The average Bonchev–Trinajstić information content (AvgIpc) is 3.39. The largest absolute Gasteiger partial charge is 0.475 e. The van der Waals surface area contributed by atoms with E-state index in [1.165, 1.54) is 17.2 Å². The minimum Gasteiger partial charge on any atom is -0.475 e. The summed E-state index contributed by atoms with van der Waals surface area (Å²) in [6, 6.07) is 4.98. The fourth-order valence-electron chi connectivity index (χ4n) is 3.56. The molecule has 7 nitrogen and oxygen atoms in total. The molecule has 12 heteroatoms. The Morgan fingerprint density at radius 2 is 1.91 bits per heavy atom. The molecule has 0 radical (unpaired) electrons. The molecule has 1 saturated heterocycles. The van der Waals surface area contributed by atoms with Crippen LogP contribution in [0.25, 0.3) is 5.69 Å². The van der Waals surface area contributed by atoms with E-state index in [1.54, 1.807) is 25.1 Å². The molecule has 0 N–H and O–H groups in total. The van der Waals surface area contributed by atoms with Gasteiger partial charge in [-0.1, -0.05) is 11.6 Å². The molecular weight excluding hydrogens is 449 g/mol. The van der Waals surface area contributed by atoms with Crippen LogP contribution in [0, 0.1) is 6.92 Å². The second-order valence-electron chi connectivity index (χ2n) is 7.56. The molecule has 1 unspecified atom stereocenters. The van der Waals surface area contributed by atoms with Gasteiger partial charge < -0.3 is 9.64 Å². The number of benzene rings is 1. The number of nitrogens with zero attached hydrogens (tertiary/aromatic N) is 5. The van der Waals surface area contributed by atoms with E-state index in [-0.39, 0.29) is 18.0 Å². The molecule has 1 amide bonds. The molecule has 0 spiro atoms. The van der Waals surface area contributed by atoms with E-state index in [2.05, 4.69) is 15.2 Å². The van der Waals surface area contributed by atoms with Crippen molar-refractivity contribution in [1.29, 1.82) is 0 Å². The lowest BCUT2D eigenvalue weighted by molar-refractivity contribution is -0.137. The van der Waals surface area contributed by atoms with Crippen molar-refractivity contribution < 1.29 is 31.5 Å². The van der Waals surface area contributed by atoms with Crippen molar-refractivity contribution in [2.24, 2.45) is 0 Å². The first kappa shape index (κ1) is 22.6. The summed E-state index contributed by atoms with van der Waals surface area (Å²) >= 11 is 0. The number of ether oxygens (including phenoxy) is 1. The fourth-order valence-corrected chi connectivity index (χ4v) is 3.56. The molecule has 1 aliphatic rings. The zero-order valence-electron chi connectivity index (χ0n) is 17.3. The number of aromatic nitrogens is 4. The number of rotatable bonds is 5. The van der Waals surface area contributed by atoms with Gasteiger partial charge in [-0.3, -0.25) is 4.79 Å². The number of halogens is 5. The Labute approximate surface area is 184 Å². The predicted octanol–water partition coefficient (Wildman–Crippen LogP) is 3.92. The topological polar surface area (TPSA) is 73.1 Å². The molecule has 0 bridgehead atoms. The van der Waals surface area contributed by atoms with Crippen LogP contribution >= 0.6 is 0 Å². The van der Waals surface area contributed by atoms with Crippen LogP contribution in [-0.2, 0) is 6.18 Å². The molecular formula is C21H18F5N5O2. The van der Waals surface area contributed by atoms with Gasteiger partial charge in [-0.2, -0.15) is 28.2 Å². The Morgan fingerprint density at radius 3 is 2.55 bits per heavy atom. The van der Waals surface area contributed by atoms with Crippen molar-refractivity contribution in [2.75, 3.05) is 13.2 Å². The molecule has 0 aliphatic carbocycles. The lowest BCUT2D eigenvalue weighted by Crippen LogP contribution is -2.46. The fraction of sp³-hybridized carbons (Fsp3) is 0.333. The maximum atomic E-state index is 14.6. The van der Waals surface area contributed by atoms with Crippen LogP contribution in [0.1, 0.15) is 27.9 Å². The summed E-state index contributed by atoms with van der Waals surface area (Å²) in [5, 5.41) is 8.01. The van der Waals surface area contributed by atoms with Crippen LogP contribution in [0.15, 0.2) is 48.9 Å². The number of likely N-dealkylation sites (tertiary alicyclic amines) is 1. The number of hydrogen-bond donors (Lipinski definition) is 0. The predicted molar refractivity (Wildman–Crippen MR) is 105 cm³/mol. The molecule has 33 heavy (non-hydrogen) atoms. The smallest absolute Gasteiger partial charge is 0.417 e. The van der Waals surface area contributed by atoms with Gasteiger partial charge in [0.25, 0.3) is 11.8 Å². The van der Waals surface area contributed by atoms with Gasteiger partial charge in [0.15, 0.2) is 0 Å². The third-order valence-electron chi connectivity index (χ3n) is 5.28. The van der Waals surface area contributed by atoms with E-state index in [9.17, 15) is 26.7 Å². The lowest BCUT2D eigenvalue weighted by Gasteiger charge is -2.28. The van der Waals surface area contributed by atoms with Crippen LogP contribution in [0.4, 0.5) is 22.0 Å². The van der Waals surface area contributed by atoms with Crippen molar-refractivity contribution in [3.8, 4) is 11.6 Å². The molecule has 0 saturated carbocycles. The first-order valence-electron chi connectivity index (χ1n) is 9.88. The Hall–Kier alpha value is -3.57. The van der Waals surface area contributed by atoms with Crippen molar-refractivity contribution in [2.45, 2.75) is 31.5 Å². The van der Waals surface area contributed by atoms with Crippen LogP contribution in [-0.4, -0.2) is 55.9 Å². The van der Waals surface area contributed by atoms with Gasteiger partial charge in [0.2, 0.25) is 5.88 Å². The monoisotopic (exact) mass is 467 g/mol. The Bertz CT molecular complexity index is 1130. The molecule has 3 aromatic rings. The molecule has 3 heterocycles. The SMILES string of the molecule is Cc1ccc(-n2nccn2)c(C(=O)N2CCC(F)(F)C2COc2ccc(C(F)(F)F)cn2)c1. The van der Waals surface area contributed by atoms with Crippen molar-refractivity contribution in [3.05, 3.63) is 65.6 Å². The van der Waals surface area contributed by atoms with Gasteiger partial charge in [0.05, 0.1) is 29.2 Å². The van der Waals surface area contributed by atoms with Gasteiger partial charge in [0, 0.05) is 25.2 Å². The summed E-state index contributed by atoms with van der Waals surface area (Å²) in [6.07, 6.45) is -1.75. The summed E-state index contributed by atoms with van der Waals surface area (Å²) in [6.45, 7) is 0.894. The summed E-state index contributed by atoms with van der Waals surface area (Å²) in [7, 11) is 0. The van der Waals surface area contributed by atoms with Crippen LogP contribution in [0.5, 0.6) is 5.88 Å². The van der Waals surface area contributed by atoms with E-state index in [0.717, 1.165) is 22.6 Å². The number of carbonyl (C=O) groups is 1. The van der Waals surface area contributed by atoms with Crippen molar-refractivity contribution in [1.82, 2.24) is 24.9 Å². The molecule has 1 fully saturated rings. The number of hydrogen-bond acceptors (Lipinski definition) is 5. The molecule has 2 aromatic heterocycles. The zero-order chi connectivity index (χ0) is 23.8. The van der Waals surface area contributed by atoms with Gasteiger partial charge in [-0.05, 0) is 25.1 Å². The Balaban J connectivity index is 1.57. The second-order valence-corrected chi connectivity index (χ2v) is 7.56. The van der Waals surface area contributed by atoms with E-state index in [0.29, 0.717) is 11.9 Å². The number of carbonyl (C=O) groups excluding carboxylic acids is 1. The average molecular weight is 467 g/mol. The summed E-state index contributed by atoms with van der Waals surface area (Å²) in [4.78, 5) is 19.1. The van der Waals surface area contributed by atoms with Gasteiger partial charge in [-0.15, -0.1) is 0 Å². The third kappa shape index (κ3) is 4.64. The van der Waals surface area contributed by atoms with Crippen molar-refractivity contribution in [3.63, 3.8) is 0 Å². The molecule has 4 rings (SSSR count). The first-order chi connectivity index (χ1) is 15.6. The number of pyridine rings is 1. The maximum absolute atomic E-state index is 14.6. The van der Waals surface area contributed by atoms with Gasteiger partial charge in [0.1, 0.15) is 12.6 Å². The van der Waals surface area contributed by atoms with Crippen LogP contribution < -0.4 is 4.74 Å². The van der Waals surface area contributed by atoms with E-state index in [4.69, 9.17) is 4.74 Å². The first-order valence-corrected chi connectivity index (χ1v) is 9.88. The number of aryl methyl sites for hydroxylation is 1. The van der Waals surface area contributed by atoms with Crippen LogP contribution in [0.2, 0.25) is 0 Å². The highest BCUT2D eigenvalue weighted by atomic mass is 19.4. The highest BCUT2D eigenvalue weighted by Gasteiger charge is 2.51. The molecule has 1 atom stereocenters. The third-order valence-corrected chi connectivity index (χ3v) is 5.28. The van der Waals surface area contributed by atoms with Gasteiger partial charge in [-0.25, -0.2) is 13.8 Å². The maximum Gasteiger partial charge on any atom is 0.417 e. The Kier molecular flexibility index (Phi) is 5.76. The van der Waals surface area contributed by atoms with E-state index >= 15 is 0 Å². The minimum atomic E-state index is -4.58.